The molecule has 184 valence electrons. The Kier molecular flexibility index (Phi) is 6.85. The van der Waals surface area contributed by atoms with Gasteiger partial charge in [0.05, 0.1) is 12.7 Å². The second kappa shape index (κ2) is 10.5. The van der Waals surface area contributed by atoms with Crippen molar-refractivity contribution in [1.29, 1.82) is 0 Å². The Bertz CT molecular complexity index is 1330. The van der Waals surface area contributed by atoms with Gasteiger partial charge in [-0.3, -0.25) is 23.9 Å². The fourth-order valence-corrected chi connectivity index (χ4v) is 4.33. The molecule has 1 aliphatic heterocycles. The molecule has 0 spiro atoms. The first kappa shape index (κ1) is 23.4. The average molecular weight is 485 g/mol. The molecule has 1 aliphatic rings. The maximum atomic E-state index is 13.3. The van der Waals surface area contributed by atoms with Crippen molar-refractivity contribution in [2.24, 2.45) is 0 Å². The number of fused-ring (bicyclic) bond motifs is 1. The van der Waals surface area contributed by atoms with Gasteiger partial charge in [0.1, 0.15) is 23.4 Å². The van der Waals surface area contributed by atoms with Crippen LogP contribution in [0.1, 0.15) is 6.92 Å². The van der Waals surface area contributed by atoms with E-state index in [4.69, 9.17) is 4.98 Å². The molecular formula is C26H28N8O2. The second-order valence-electron chi connectivity index (χ2n) is 8.71. The van der Waals surface area contributed by atoms with Gasteiger partial charge in [0.2, 0.25) is 11.8 Å². The van der Waals surface area contributed by atoms with Gasteiger partial charge in [-0.25, -0.2) is 9.97 Å². The molecule has 0 radical (unpaired) electrons. The standard InChI is InChI=1S/C26H28N8O2/c1-19(29-25-24(20-7-3-2-4-8-20)31-22-17-27-11-12-34(22)25)26(36)33-15-13-32(14-16-33)18-23(35)30-21-9-5-6-10-28-21/h2-12,17,19,29H,13-16,18H2,1H3,(H,28,30,35). The molecule has 36 heavy (non-hydrogen) atoms. The fraction of sp³-hybridized carbons (Fsp3) is 0.269. The van der Waals surface area contributed by atoms with E-state index >= 15 is 0 Å². The largest absolute Gasteiger partial charge is 0.358 e. The SMILES string of the molecule is CC(Nc1c(-c2ccccc2)nc2cnccn12)C(=O)N1CCN(CC(=O)Nc2ccccn2)CC1. The molecule has 1 atom stereocenters. The molecule has 1 unspecified atom stereocenters. The summed E-state index contributed by atoms with van der Waals surface area (Å²) in [6.45, 7) is 4.51. The number of nitrogens with zero attached hydrogens (tertiary/aromatic N) is 6. The molecule has 0 bridgehead atoms. The first-order valence-electron chi connectivity index (χ1n) is 11.9. The highest BCUT2D eigenvalue weighted by molar-refractivity contribution is 5.91. The molecule has 1 aromatic carbocycles. The van der Waals surface area contributed by atoms with Gasteiger partial charge in [0.15, 0.2) is 5.65 Å². The normalized spacial score (nSPS) is 15.0. The van der Waals surface area contributed by atoms with Gasteiger partial charge in [-0.2, -0.15) is 0 Å². The predicted octanol–water partition coefficient (Wildman–Crippen LogP) is 2.37. The van der Waals surface area contributed by atoms with Crippen LogP contribution in [0.5, 0.6) is 0 Å². The molecule has 0 aliphatic carbocycles. The molecule has 2 amide bonds. The van der Waals surface area contributed by atoms with Crippen LogP contribution in [0.2, 0.25) is 0 Å². The van der Waals surface area contributed by atoms with E-state index in [0.29, 0.717) is 37.6 Å². The van der Waals surface area contributed by atoms with Gasteiger partial charge >= 0.3 is 0 Å². The Morgan fingerprint density at radius 1 is 1.00 bits per heavy atom. The number of benzene rings is 1. The molecule has 2 N–H and O–H groups in total. The van der Waals surface area contributed by atoms with E-state index in [9.17, 15) is 9.59 Å². The number of hydrogen-bond donors (Lipinski definition) is 2. The van der Waals surface area contributed by atoms with Crippen molar-refractivity contribution in [1.82, 2.24) is 29.2 Å². The highest BCUT2D eigenvalue weighted by atomic mass is 16.2. The number of anilines is 2. The smallest absolute Gasteiger partial charge is 0.244 e. The summed E-state index contributed by atoms with van der Waals surface area (Å²) in [5.74, 6) is 1.19. The molecule has 10 nitrogen and oxygen atoms in total. The lowest BCUT2D eigenvalue weighted by Crippen LogP contribution is -2.53. The minimum atomic E-state index is -0.459. The van der Waals surface area contributed by atoms with Crippen molar-refractivity contribution in [2.75, 3.05) is 43.4 Å². The summed E-state index contributed by atoms with van der Waals surface area (Å²) < 4.78 is 1.91. The number of amides is 2. The van der Waals surface area contributed by atoms with Crippen LogP contribution in [0.15, 0.2) is 73.3 Å². The maximum absolute atomic E-state index is 13.3. The lowest BCUT2D eigenvalue weighted by atomic mass is 10.1. The maximum Gasteiger partial charge on any atom is 0.244 e. The summed E-state index contributed by atoms with van der Waals surface area (Å²) in [5.41, 5.74) is 2.43. The summed E-state index contributed by atoms with van der Waals surface area (Å²) in [7, 11) is 0. The Morgan fingerprint density at radius 3 is 2.53 bits per heavy atom. The van der Waals surface area contributed by atoms with Crippen LogP contribution in [0.25, 0.3) is 16.9 Å². The molecule has 3 aromatic heterocycles. The van der Waals surface area contributed by atoms with Crippen molar-refractivity contribution in [2.45, 2.75) is 13.0 Å². The zero-order valence-corrected chi connectivity index (χ0v) is 20.0. The Hall–Kier alpha value is -4.31. The Morgan fingerprint density at radius 2 is 1.78 bits per heavy atom. The molecule has 4 aromatic rings. The zero-order valence-electron chi connectivity index (χ0n) is 20.0. The number of pyridine rings is 1. The van der Waals surface area contributed by atoms with E-state index in [2.05, 4.69) is 20.6 Å². The number of nitrogens with one attached hydrogen (secondary N) is 2. The van der Waals surface area contributed by atoms with E-state index in [1.165, 1.54) is 0 Å². The van der Waals surface area contributed by atoms with E-state index in [1.54, 1.807) is 30.7 Å². The highest BCUT2D eigenvalue weighted by Gasteiger charge is 2.27. The Balaban J connectivity index is 1.21. The predicted molar refractivity (Wildman–Crippen MR) is 137 cm³/mol. The van der Waals surface area contributed by atoms with Crippen LogP contribution >= 0.6 is 0 Å². The lowest BCUT2D eigenvalue weighted by Gasteiger charge is -2.35. The van der Waals surface area contributed by atoms with Gasteiger partial charge in [-0.1, -0.05) is 36.4 Å². The number of aromatic nitrogens is 4. The third kappa shape index (κ3) is 5.18. The van der Waals surface area contributed by atoms with E-state index in [0.717, 1.165) is 17.1 Å². The van der Waals surface area contributed by atoms with Crippen molar-refractivity contribution in [3.8, 4) is 11.3 Å². The lowest BCUT2D eigenvalue weighted by molar-refractivity contribution is -0.133. The summed E-state index contributed by atoms with van der Waals surface area (Å²) in [6.07, 6.45) is 6.88. The van der Waals surface area contributed by atoms with E-state index in [1.807, 2.05) is 63.7 Å². The monoisotopic (exact) mass is 484 g/mol. The average Bonchev–Trinajstić information content (AvgIpc) is 3.28. The molecule has 5 rings (SSSR count). The number of carbonyl (C=O) groups is 2. The van der Waals surface area contributed by atoms with Gasteiger partial charge < -0.3 is 15.5 Å². The minimum absolute atomic E-state index is 0.00982. The van der Waals surface area contributed by atoms with Crippen LogP contribution < -0.4 is 10.6 Å². The quantitative estimate of drug-likeness (QED) is 0.415. The van der Waals surface area contributed by atoms with Gasteiger partial charge in [0, 0.05) is 50.3 Å². The highest BCUT2D eigenvalue weighted by Crippen LogP contribution is 2.29. The molecular weight excluding hydrogens is 456 g/mol. The van der Waals surface area contributed by atoms with Crippen LogP contribution in [0.3, 0.4) is 0 Å². The van der Waals surface area contributed by atoms with Crippen molar-refractivity contribution in [3.05, 3.63) is 73.3 Å². The Labute approximate surface area is 209 Å². The summed E-state index contributed by atoms with van der Waals surface area (Å²) in [4.78, 5) is 42.6. The van der Waals surface area contributed by atoms with Crippen molar-refractivity contribution in [3.63, 3.8) is 0 Å². The van der Waals surface area contributed by atoms with Gasteiger partial charge in [-0.05, 0) is 19.1 Å². The topological polar surface area (TPSA) is 108 Å². The summed E-state index contributed by atoms with van der Waals surface area (Å²) in [6, 6.07) is 14.8. The minimum Gasteiger partial charge on any atom is -0.358 e. The van der Waals surface area contributed by atoms with Crippen LogP contribution in [-0.2, 0) is 9.59 Å². The third-order valence-corrected chi connectivity index (χ3v) is 6.18. The number of rotatable bonds is 7. The number of carbonyl (C=O) groups excluding carboxylic acids is 2. The van der Waals surface area contributed by atoms with Crippen LogP contribution in [0.4, 0.5) is 11.6 Å². The van der Waals surface area contributed by atoms with E-state index < -0.39 is 6.04 Å². The van der Waals surface area contributed by atoms with Crippen molar-refractivity contribution < 1.29 is 9.59 Å². The van der Waals surface area contributed by atoms with Gasteiger partial charge in [0.25, 0.3) is 0 Å². The fourth-order valence-electron chi connectivity index (χ4n) is 4.33. The van der Waals surface area contributed by atoms with Crippen LogP contribution in [-0.4, -0.2) is 79.7 Å². The number of imidazole rings is 1. The van der Waals surface area contributed by atoms with Gasteiger partial charge in [-0.15, -0.1) is 0 Å². The van der Waals surface area contributed by atoms with Crippen LogP contribution in [0, 0.1) is 0 Å². The molecule has 0 saturated carbocycles. The van der Waals surface area contributed by atoms with E-state index in [-0.39, 0.29) is 18.4 Å². The first-order chi connectivity index (χ1) is 17.6. The molecule has 1 fully saturated rings. The third-order valence-electron chi connectivity index (χ3n) is 6.18. The number of piperazine rings is 1. The molecule has 4 heterocycles. The second-order valence-corrected chi connectivity index (χ2v) is 8.71. The molecule has 10 heteroatoms. The summed E-state index contributed by atoms with van der Waals surface area (Å²) in [5, 5.41) is 6.20. The number of hydrogen-bond acceptors (Lipinski definition) is 7. The molecule has 1 saturated heterocycles. The zero-order chi connectivity index (χ0) is 24.9. The summed E-state index contributed by atoms with van der Waals surface area (Å²) >= 11 is 0. The first-order valence-corrected chi connectivity index (χ1v) is 11.9. The van der Waals surface area contributed by atoms with Crippen molar-refractivity contribution >= 4 is 29.1 Å².